The maximum absolute atomic E-state index is 10.3. The molecule has 1 aromatic rings. The maximum atomic E-state index is 10.3. The lowest BCUT2D eigenvalue weighted by Gasteiger charge is -2.31. The van der Waals surface area contributed by atoms with Crippen LogP contribution in [0.15, 0.2) is 30.3 Å². The zero-order valence-corrected chi connectivity index (χ0v) is 13.7. The van der Waals surface area contributed by atoms with Gasteiger partial charge in [0.25, 0.3) is 0 Å². The standard InChI is InChI=1S/C17H26O5/c1-16(2,19)15(18)14-13(21-17(3,4)22-14)11-20-10-12-8-6-5-7-9-12/h5-9,13-15,18-19H,10-11H2,1-4H3/t13-,14-,15+/m1/s1. The van der Waals surface area contributed by atoms with E-state index in [0.29, 0.717) is 6.61 Å². The second-order valence-electron chi connectivity index (χ2n) is 6.74. The molecule has 0 spiro atoms. The summed E-state index contributed by atoms with van der Waals surface area (Å²) in [6.07, 6.45) is -2.12. The molecular weight excluding hydrogens is 284 g/mol. The van der Waals surface area contributed by atoms with E-state index < -0.39 is 29.7 Å². The zero-order chi connectivity index (χ0) is 16.4. The van der Waals surface area contributed by atoms with Crippen molar-refractivity contribution in [2.75, 3.05) is 6.61 Å². The SMILES string of the molecule is CC1(C)O[C@@H]([C@H](O)C(C)(C)O)[C@@H](COCc2ccccc2)O1. The van der Waals surface area contributed by atoms with Gasteiger partial charge in [0, 0.05) is 0 Å². The molecule has 124 valence electrons. The number of rotatable bonds is 6. The largest absolute Gasteiger partial charge is 0.388 e. The van der Waals surface area contributed by atoms with Crippen molar-refractivity contribution in [1.82, 2.24) is 0 Å². The Labute approximate surface area is 131 Å². The van der Waals surface area contributed by atoms with Crippen molar-refractivity contribution in [2.45, 2.75) is 64.0 Å². The van der Waals surface area contributed by atoms with Crippen molar-refractivity contribution in [3.05, 3.63) is 35.9 Å². The van der Waals surface area contributed by atoms with Gasteiger partial charge >= 0.3 is 0 Å². The monoisotopic (exact) mass is 310 g/mol. The molecule has 22 heavy (non-hydrogen) atoms. The molecule has 0 radical (unpaired) electrons. The van der Waals surface area contributed by atoms with E-state index in [-0.39, 0.29) is 6.61 Å². The Morgan fingerprint density at radius 3 is 2.45 bits per heavy atom. The van der Waals surface area contributed by atoms with E-state index in [2.05, 4.69) is 0 Å². The second-order valence-corrected chi connectivity index (χ2v) is 6.74. The first-order chi connectivity index (χ1) is 10.2. The lowest BCUT2D eigenvalue weighted by atomic mass is 9.94. The fraction of sp³-hybridized carbons (Fsp3) is 0.647. The van der Waals surface area contributed by atoms with Crippen LogP contribution in [0.3, 0.4) is 0 Å². The summed E-state index contributed by atoms with van der Waals surface area (Å²) in [6, 6.07) is 9.84. The number of aliphatic hydroxyl groups is 2. The van der Waals surface area contributed by atoms with Gasteiger partial charge in [-0.2, -0.15) is 0 Å². The summed E-state index contributed by atoms with van der Waals surface area (Å²) >= 11 is 0. The van der Waals surface area contributed by atoms with E-state index in [4.69, 9.17) is 14.2 Å². The van der Waals surface area contributed by atoms with Gasteiger partial charge in [-0.15, -0.1) is 0 Å². The van der Waals surface area contributed by atoms with E-state index in [9.17, 15) is 10.2 Å². The van der Waals surface area contributed by atoms with Crippen LogP contribution in [0, 0.1) is 0 Å². The quantitative estimate of drug-likeness (QED) is 0.839. The minimum absolute atomic E-state index is 0.288. The van der Waals surface area contributed by atoms with E-state index in [1.165, 1.54) is 0 Å². The van der Waals surface area contributed by atoms with Crippen molar-refractivity contribution >= 4 is 0 Å². The molecular formula is C17H26O5. The first-order valence-corrected chi connectivity index (χ1v) is 7.57. The van der Waals surface area contributed by atoms with E-state index >= 15 is 0 Å². The summed E-state index contributed by atoms with van der Waals surface area (Å²) in [5.41, 5.74) is -0.202. The van der Waals surface area contributed by atoms with Crippen LogP contribution >= 0.6 is 0 Å². The van der Waals surface area contributed by atoms with Crippen LogP contribution < -0.4 is 0 Å². The highest BCUT2D eigenvalue weighted by molar-refractivity contribution is 5.13. The Bertz CT molecular complexity index is 466. The highest BCUT2D eigenvalue weighted by atomic mass is 16.8. The molecule has 1 fully saturated rings. The Hall–Kier alpha value is -0.980. The third-order valence-corrected chi connectivity index (χ3v) is 3.65. The fourth-order valence-corrected chi connectivity index (χ4v) is 2.53. The molecule has 5 heteroatoms. The molecule has 0 unspecified atom stereocenters. The highest BCUT2D eigenvalue weighted by Crippen LogP contribution is 2.33. The number of hydrogen-bond donors (Lipinski definition) is 2. The summed E-state index contributed by atoms with van der Waals surface area (Å²) in [5.74, 6) is -0.808. The molecule has 1 heterocycles. The Kier molecular flexibility index (Phi) is 5.25. The van der Waals surface area contributed by atoms with Crippen LogP contribution in [-0.2, 0) is 20.8 Å². The Morgan fingerprint density at radius 1 is 1.23 bits per heavy atom. The summed E-state index contributed by atoms with van der Waals surface area (Å²) in [5, 5.41) is 20.3. The molecule has 0 saturated carbocycles. The van der Waals surface area contributed by atoms with Gasteiger partial charge in [-0.1, -0.05) is 30.3 Å². The van der Waals surface area contributed by atoms with Crippen LogP contribution in [0.4, 0.5) is 0 Å². The van der Waals surface area contributed by atoms with Gasteiger partial charge in [-0.25, -0.2) is 0 Å². The molecule has 2 N–H and O–H groups in total. The number of aliphatic hydroxyl groups excluding tert-OH is 1. The second kappa shape index (κ2) is 6.64. The summed E-state index contributed by atoms with van der Waals surface area (Å²) in [7, 11) is 0. The van der Waals surface area contributed by atoms with Crippen LogP contribution in [0.25, 0.3) is 0 Å². The minimum atomic E-state index is -1.27. The number of ether oxygens (including phenoxy) is 3. The van der Waals surface area contributed by atoms with Gasteiger partial charge in [-0.05, 0) is 33.3 Å². The van der Waals surface area contributed by atoms with Crippen molar-refractivity contribution in [1.29, 1.82) is 0 Å². The first-order valence-electron chi connectivity index (χ1n) is 7.57. The van der Waals surface area contributed by atoms with Crippen LogP contribution in [0.5, 0.6) is 0 Å². The predicted octanol–water partition coefficient (Wildman–Crippen LogP) is 1.86. The Balaban J connectivity index is 1.95. The molecule has 0 aromatic heterocycles. The van der Waals surface area contributed by atoms with Gasteiger partial charge in [0.05, 0.1) is 18.8 Å². The molecule has 5 nitrogen and oxygen atoms in total. The van der Waals surface area contributed by atoms with Crippen LogP contribution in [0.2, 0.25) is 0 Å². The molecule has 1 aliphatic rings. The molecule has 1 saturated heterocycles. The lowest BCUT2D eigenvalue weighted by molar-refractivity contribution is -0.172. The van der Waals surface area contributed by atoms with Gasteiger partial charge < -0.3 is 24.4 Å². The first kappa shape index (κ1) is 17.4. The van der Waals surface area contributed by atoms with E-state index in [1.54, 1.807) is 27.7 Å². The molecule has 1 aliphatic heterocycles. The van der Waals surface area contributed by atoms with Crippen LogP contribution in [-0.4, -0.2) is 46.5 Å². The smallest absolute Gasteiger partial charge is 0.164 e. The van der Waals surface area contributed by atoms with Crippen molar-refractivity contribution in [2.24, 2.45) is 0 Å². The fourth-order valence-electron chi connectivity index (χ4n) is 2.53. The molecule has 1 aromatic carbocycles. The van der Waals surface area contributed by atoms with Crippen LogP contribution in [0.1, 0.15) is 33.3 Å². The van der Waals surface area contributed by atoms with Gasteiger partial charge in [0.15, 0.2) is 5.79 Å². The van der Waals surface area contributed by atoms with Crippen molar-refractivity contribution in [3.8, 4) is 0 Å². The molecule has 0 bridgehead atoms. The summed E-state index contributed by atoms with van der Waals surface area (Å²) in [4.78, 5) is 0. The van der Waals surface area contributed by atoms with Crippen molar-refractivity contribution < 1.29 is 24.4 Å². The third-order valence-electron chi connectivity index (χ3n) is 3.65. The molecule has 3 atom stereocenters. The molecule has 2 rings (SSSR count). The van der Waals surface area contributed by atoms with Gasteiger partial charge in [0.1, 0.15) is 18.3 Å². The topological polar surface area (TPSA) is 68.2 Å². The normalized spacial score (nSPS) is 26.1. The predicted molar refractivity (Wildman–Crippen MR) is 82.2 cm³/mol. The summed E-state index contributed by atoms with van der Waals surface area (Å²) < 4.78 is 17.2. The van der Waals surface area contributed by atoms with Gasteiger partial charge in [0.2, 0.25) is 0 Å². The third kappa shape index (κ3) is 4.51. The summed E-state index contributed by atoms with van der Waals surface area (Å²) in [6.45, 7) is 7.42. The Morgan fingerprint density at radius 2 is 1.86 bits per heavy atom. The average Bonchev–Trinajstić information content (AvgIpc) is 2.73. The number of benzene rings is 1. The molecule has 0 amide bonds. The lowest BCUT2D eigenvalue weighted by Crippen LogP contribution is -2.49. The highest BCUT2D eigenvalue weighted by Gasteiger charge is 2.48. The van der Waals surface area contributed by atoms with E-state index in [1.807, 2.05) is 30.3 Å². The average molecular weight is 310 g/mol. The minimum Gasteiger partial charge on any atom is -0.388 e. The zero-order valence-electron chi connectivity index (χ0n) is 13.7. The van der Waals surface area contributed by atoms with E-state index in [0.717, 1.165) is 5.56 Å². The number of hydrogen-bond acceptors (Lipinski definition) is 5. The molecule has 0 aliphatic carbocycles. The van der Waals surface area contributed by atoms with Crippen molar-refractivity contribution in [3.63, 3.8) is 0 Å². The maximum Gasteiger partial charge on any atom is 0.164 e. The van der Waals surface area contributed by atoms with Gasteiger partial charge in [-0.3, -0.25) is 0 Å².